The molecule has 7 rings (SSSR count). The molecule has 0 amide bonds. The minimum Gasteiger partial charge on any atom is -0.504 e. The van der Waals surface area contributed by atoms with Crippen LogP contribution in [0.25, 0.3) is 18.2 Å². The summed E-state index contributed by atoms with van der Waals surface area (Å²) >= 11 is 0. The zero-order valence-electron chi connectivity index (χ0n) is 36.7. The molecular formula is C51H58O14. The normalized spacial score (nSPS) is 30.0. The Morgan fingerprint density at radius 1 is 0.646 bits per heavy atom. The molecule has 4 fully saturated rings. The Bertz CT molecular complexity index is 2380. The molecule has 14 heteroatoms. The molecule has 4 aliphatic rings. The zero-order valence-corrected chi connectivity index (χ0v) is 36.7. The average Bonchev–Trinajstić information content (AvgIpc) is 3.62. The molecule has 65 heavy (non-hydrogen) atoms. The van der Waals surface area contributed by atoms with Gasteiger partial charge in [-0.1, -0.05) is 39.0 Å². The van der Waals surface area contributed by atoms with Crippen molar-refractivity contribution in [2.75, 3.05) is 0 Å². The zero-order chi connectivity index (χ0) is 46.8. The van der Waals surface area contributed by atoms with E-state index in [9.17, 15) is 54.9 Å². The van der Waals surface area contributed by atoms with Gasteiger partial charge >= 0.3 is 23.9 Å². The molecule has 0 heterocycles. The number of fused-ring (bicyclic) bond motifs is 5. The maximum atomic E-state index is 13.9. The maximum absolute atomic E-state index is 13.9. The molecule has 0 radical (unpaired) electrons. The van der Waals surface area contributed by atoms with E-state index in [2.05, 4.69) is 20.8 Å². The van der Waals surface area contributed by atoms with Crippen molar-refractivity contribution in [3.8, 4) is 34.5 Å². The summed E-state index contributed by atoms with van der Waals surface area (Å²) in [6, 6.07) is 12.6. The smallest absolute Gasteiger partial charge is 0.331 e. The first-order chi connectivity index (χ1) is 30.8. The number of benzene rings is 3. The topological polar surface area (TPSA) is 238 Å². The number of phenols is 6. The Hall–Kier alpha value is -6.44. The third-order valence-electron chi connectivity index (χ3n) is 15.3. The second-order valence-corrected chi connectivity index (χ2v) is 18.9. The summed E-state index contributed by atoms with van der Waals surface area (Å²) in [6.07, 6.45) is 11.3. The Balaban J connectivity index is 1.20. The predicted octanol–water partition coefficient (Wildman–Crippen LogP) is 8.48. The molecule has 3 aromatic rings. The third-order valence-corrected chi connectivity index (χ3v) is 15.3. The van der Waals surface area contributed by atoms with Crippen LogP contribution in [0.5, 0.6) is 34.5 Å². The van der Waals surface area contributed by atoms with Crippen molar-refractivity contribution in [2.24, 2.45) is 46.3 Å². The summed E-state index contributed by atoms with van der Waals surface area (Å²) in [5.41, 5.74) is 0.447. The first kappa shape index (κ1) is 46.5. The highest BCUT2D eigenvalue weighted by Gasteiger charge is 2.67. The fourth-order valence-electron chi connectivity index (χ4n) is 12.0. The molecule has 0 saturated heterocycles. The van der Waals surface area contributed by atoms with E-state index in [1.807, 2.05) is 0 Å². The molecule has 3 aromatic carbocycles. The largest absolute Gasteiger partial charge is 0.504 e. The van der Waals surface area contributed by atoms with E-state index in [0.717, 1.165) is 12.8 Å². The lowest BCUT2D eigenvalue weighted by atomic mass is 9.43. The van der Waals surface area contributed by atoms with Crippen LogP contribution in [-0.4, -0.2) is 77.9 Å². The first-order valence-corrected chi connectivity index (χ1v) is 22.3. The molecule has 0 aromatic heterocycles. The molecule has 0 aliphatic heterocycles. The SMILES string of the molecule is C[C@H](CCC(=O)O)[C@H]1CC[C@H]2[C@@H]3[C@H](OC(=O)/C=C/c4ccc(O)c(O)c4)C[C@H]4C[C@H](OC(=O)/C=C/c5ccc(O)c(O)c5)CC[C@]4(C)[C@H]3C[C@H](OC(=O)/C=C/c3ccc(O)c(O)c3)[C@]12C. The molecule has 4 saturated carbocycles. The molecule has 4 aliphatic carbocycles. The van der Waals surface area contributed by atoms with Gasteiger partial charge in [-0.15, -0.1) is 0 Å². The third kappa shape index (κ3) is 9.96. The minimum absolute atomic E-state index is 0.00973. The van der Waals surface area contributed by atoms with Gasteiger partial charge in [0.25, 0.3) is 0 Å². The molecule has 11 atom stereocenters. The predicted molar refractivity (Wildman–Crippen MR) is 238 cm³/mol. The summed E-state index contributed by atoms with van der Waals surface area (Å²) in [5.74, 6) is -5.03. The summed E-state index contributed by atoms with van der Waals surface area (Å²) in [4.78, 5) is 52.6. The number of carbonyl (C=O) groups is 4. The van der Waals surface area contributed by atoms with E-state index in [4.69, 9.17) is 14.2 Å². The number of rotatable bonds is 13. The molecular weight excluding hydrogens is 837 g/mol. The first-order valence-electron chi connectivity index (χ1n) is 22.3. The molecule has 7 N–H and O–H groups in total. The van der Waals surface area contributed by atoms with Gasteiger partial charge in [-0.2, -0.15) is 0 Å². The highest BCUT2D eigenvalue weighted by Crippen LogP contribution is 2.69. The van der Waals surface area contributed by atoms with Crippen molar-refractivity contribution in [2.45, 2.75) is 96.9 Å². The second kappa shape index (κ2) is 19.0. The maximum Gasteiger partial charge on any atom is 0.331 e. The lowest BCUT2D eigenvalue weighted by Crippen LogP contribution is -2.63. The number of esters is 3. The quantitative estimate of drug-likeness (QED) is 0.0369. The van der Waals surface area contributed by atoms with Crippen molar-refractivity contribution < 1.29 is 69.1 Å². The van der Waals surface area contributed by atoms with Crippen LogP contribution >= 0.6 is 0 Å². The Morgan fingerprint density at radius 3 is 1.66 bits per heavy atom. The minimum atomic E-state index is -0.891. The van der Waals surface area contributed by atoms with E-state index in [-0.39, 0.29) is 81.8 Å². The van der Waals surface area contributed by atoms with Gasteiger partial charge < -0.3 is 50.0 Å². The van der Waals surface area contributed by atoms with Crippen molar-refractivity contribution in [3.63, 3.8) is 0 Å². The van der Waals surface area contributed by atoms with Crippen LogP contribution < -0.4 is 0 Å². The summed E-state index contributed by atoms with van der Waals surface area (Å²) in [5, 5.41) is 68.9. The number of aliphatic carboxylic acids is 1. The van der Waals surface area contributed by atoms with Crippen molar-refractivity contribution in [1.82, 2.24) is 0 Å². The van der Waals surface area contributed by atoms with Gasteiger partial charge in [0.15, 0.2) is 34.5 Å². The van der Waals surface area contributed by atoms with Crippen LogP contribution in [0.3, 0.4) is 0 Å². The Kier molecular flexibility index (Phi) is 13.6. The molecule has 0 bridgehead atoms. The fourth-order valence-corrected chi connectivity index (χ4v) is 12.0. The fraction of sp³-hybridized carbons (Fsp3) is 0.451. The second-order valence-electron chi connectivity index (χ2n) is 18.9. The molecule has 346 valence electrons. The van der Waals surface area contributed by atoms with Crippen LogP contribution in [0.4, 0.5) is 0 Å². The summed E-state index contributed by atoms with van der Waals surface area (Å²) in [6.45, 7) is 6.42. The van der Waals surface area contributed by atoms with Crippen LogP contribution in [0.1, 0.15) is 95.2 Å². The standard InChI is InChI=1S/C51H58O14/c1-28(4-16-45(58)59)34-11-12-35-49-36(27-44(51(34,35)3)65-48(62)19-10-31-7-15-39(54)42(57)24-31)50(2)21-20-33(63-46(60)17-8-29-5-13-37(52)40(55)22-29)25-32(50)26-43(49)64-47(61)18-9-30-6-14-38(53)41(56)23-30/h5-10,13-15,17-19,22-24,28,32-36,43-44,49,52-57H,4,11-12,16,20-21,25-27H2,1-3H3,(H,58,59)/b17-8+,18-9+,19-10+/t28-,32-,33-,34-,35+,36+,43-,44+,49+,50+,51-/m1/s1. The lowest BCUT2D eigenvalue weighted by Gasteiger charge is -2.64. The van der Waals surface area contributed by atoms with Crippen LogP contribution in [-0.2, 0) is 33.4 Å². The van der Waals surface area contributed by atoms with Crippen molar-refractivity contribution >= 4 is 42.1 Å². The number of carbonyl (C=O) groups excluding carboxylic acids is 3. The average molecular weight is 895 g/mol. The summed E-state index contributed by atoms with van der Waals surface area (Å²) in [7, 11) is 0. The van der Waals surface area contributed by atoms with E-state index < -0.39 is 47.6 Å². The van der Waals surface area contributed by atoms with Gasteiger partial charge in [0.2, 0.25) is 0 Å². The molecule has 0 unspecified atom stereocenters. The van der Waals surface area contributed by atoms with Crippen molar-refractivity contribution in [1.29, 1.82) is 0 Å². The van der Waals surface area contributed by atoms with Crippen LogP contribution in [0.15, 0.2) is 72.8 Å². The van der Waals surface area contributed by atoms with Crippen LogP contribution in [0.2, 0.25) is 0 Å². The highest BCUT2D eigenvalue weighted by atomic mass is 16.6. The van der Waals surface area contributed by atoms with Crippen LogP contribution in [0, 0.1) is 46.3 Å². The summed E-state index contributed by atoms with van der Waals surface area (Å²) < 4.78 is 19.0. The van der Waals surface area contributed by atoms with Gasteiger partial charge in [-0.25, -0.2) is 14.4 Å². The van der Waals surface area contributed by atoms with Gasteiger partial charge in [-0.3, -0.25) is 4.79 Å². The number of ether oxygens (including phenoxy) is 3. The van der Waals surface area contributed by atoms with E-state index in [1.165, 1.54) is 72.9 Å². The number of aromatic hydroxyl groups is 6. The lowest BCUT2D eigenvalue weighted by molar-refractivity contribution is -0.222. The highest BCUT2D eigenvalue weighted by molar-refractivity contribution is 5.88. The number of carboxylic acid groups (broad SMARTS) is 1. The van der Waals surface area contributed by atoms with Gasteiger partial charge in [0.05, 0.1) is 0 Å². The van der Waals surface area contributed by atoms with E-state index >= 15 is 0 Å². The van der Waals surface area contributed by atoms with E-state index in [0.29, 0.717) is 55.2 Å². The van der Waals surface area contributed by atoms with Crippen molar-refractivity contribution in [3.05, 3.63) is 89.5 Å². The number of hydrogen-bond donors (Lipinski definition) is 7. The van der Waals surface area contributed by atoms with Gasteiger partial charge in [0.1, 0.15) is 18.3 Å². The number of hydrogen-bond acceptors (Lipinski definition) is 13. The monoisotopic (exact) mass is 894 g/mol. The Morgan fingerprint density at radius 2 is 1.15 bits per heavy atom. The van der Waals surface area contributed by atoms with E-state index in [1.54, 1.807) is 18.2 Å². The molecule has 0 spiro atoms. The molecule has 14 nitrogen and oxygen atoms in total. The van der Waals surface area contributed by atoms with Gasteiger partial charge in [-0.05, 0) is 158 Å². The Labute approximate surface area is 377 Å². The number of phenolic OH excluding ortho intramolecular Hbond substituents is 6. The van der Waals surface area contributed by atoms with Gasteiger partial charge in [0, 0.05) is 36.0 Å². The number of carboxylic acids is 1.